The Labute approximate surface area is 238 Å². The summed E-state index contributed by atoms with van der Waals surface area (Å²) in [5, 5.41) is 1.04. The number of ether oxygens (including phenoxy) is 1. The summed E-state index contributed by atoms with van der Waals surface area (Å²) in [6.07, 6.45) is 10.6. The van der Waals surface area contributed by atoms with E-state index < -0.39 is 18.1 Å². The number of fused-ring (bicyclic) bond motifs is 1. The lowest BCUT2D eigenvalue weighted by molar-refractivity contribution is -0.192. The molecule has 3 aliphatic rings. The summed E-state index contributed by atoms with van der Waals surface area (Å²) >= 11 is 0. The second-order valence-corrected chi connectivity index (χ2v) is 12.5. The van der Waals surface area contributed by atoms with Crippen molar-refractivity contribution in [2.24, 2.45) is 13.0 Å². The highest BCUT2D eigenvalue weighted by Crippen LogP contribution is 2.50. The van der Waals surface area contributed by atoms with Crippen molar-refractivity contribution in [2.45, 2.75) is 76.0 Å². The average molecular weight is 562 g/mol. The highest BCUT2D eigenvalue weighted by atomic mass is 19.3. The topological polar surface area (TPSA) is 68.1 Å². The maximum Gasteiger partial charge on any atom is 0.345 e. The van der Waals surface area contributed by atoms with Crippen molar-refractivity contribution in [1.29, 1.82) is 0 Å². The third-order valence-corrected chi connectivity index (χ3v) is 9.41. The van der Waals surface area contributed by atoms with Crippen LogP contribution in [0.4, 0.5) is 8.78 Å². The summed E-state index contributed by atoms with van der Waals surface area (Å²) in [6.45, 7) is 2.51. The van der Waals surface area contributed by atoms with Crippen LogP contribution >= 0.6 is 0 Å². The number of alkyl halides is 2. The number of aromatic amines is 1. The van der Waals surface area contributed by atoms with Gasteiger partial charge in [-0.3, -0.25) is 14.3 Å². The van der Waals surface area contributed by atoms with Crippen LogP contribution in [-0.2, 0) is 23.7 Å². The highest BCUT2D eigenvalue weighted by molar-refractivity contribution is 5.84. The van der Waals surface area contributed by atoms with Gasteiger partial charge >= 0.3 is 6.61 Å². The van der Waals surface area contributed by atoms with Crippen molar-refractivity contribution in [1.82, 2.24) is 24.0 Å². The van der Waals surface area contributed by atoms with Gasteiger partial charge < -0.3 is 14.3 Å². The number of pyridine rings is 1. The fraction of sp³-hybridized carbons (Fsp3) is 0.500. The van der Waals surface area contributed by atoms with Crippen LogP contribution < -0.4 is 5.56 Å². The number of piperidine rings is 1. The number of imidazole rings is 1. The number of aryl methyl sites for hydroxylation is 1. The number of hydrogen-bond donors (Lipinski definition) is 1. The minimum absolute atomic E-state index is 0.0710. The summed E-state index contributed by atoms with van der Waals surface area (Å²) in [5.41, 5.74) is 4.05. The highest BCUT2D eigenvalue weighted by Gasteiger charge is 2.51. The molecule has 1 aliphatic heterocycles. The Morgan fingerprint density at radius 3 is 2.73 bits per heavy atom. The van der Waals surface area contributed by atoms with Crippen LogP contribution in [-0.4, -0.2) is 49.8 Å². The lowest BCUT2D eigenvalue weighted by atomic mass is 9.62. The van der Waals surface area contributed by atoms with E-state index in [1.807, 2.05) is 48.3 Å². The molecule has 4 heterocycles. The molecule has 2 aliphatic carbocycles. The lowest BCUT2D eigenvalue weighted by Crippen LogP contribution is -2.49. The zero-order chi connectivity index (χ0) is 28.3. The van der Waals surface area contributed by atoms with E-state index >= 15 is 0 Å². The number of aromatic nitrogens is 4. The summed E-state index contributed by atoms with van der Waals surface area (Å²) in [4.78, 5) is 24.6. The average Bonchev–Trinajstić information content (AvgIpc) is 3.54. The zero-order valence-corrected chi connectivity index (χ0v) is 23.7. The SMILES string of the molecule is C[C@H]1CCCN(Cc2cc3c(C4CC4)cn(-c4cccc(C5(c6nccn6C)CC(OC(F)F)C5)c4)c(=O)c3[nH]2)C1. The van der Waals surface area contributed by atoms with E-state index in [9.17, 15) is 13.6 Å². The molecule has 2 saturated carbocycles. The number of rotatable bonds is 8. The number of halogens is 2. The lowest BCUT2D eigenvalue weighted by Gasteiger charge is -2.47. The molecule has 1 N–H and O–H groups in total. The minimum Gasteiger partial charge on any atom is -0.353 e. The standard InChI is InChI=1S/C32H37F2N5O2/c1-20-5-4-11-38(17-20)18-23-14-26-27(21-8-9-21)19-39(29(40)28(26)36-23)24-7-3-6-22(13-24)32(30-35-10-12-37(30)2)15-25(16-32)41-31(33)34/h3,6-7,10,12-14,19-21,25,31,36H,4-5,8-9,11,15-18H2,1-2H3/t20-,25?,32?/m0/s1. The minimum atomic E-state index is -2.80. The van der Waals surface area contributed by atoms with Crippen LogP contribution in [0.3, 0.4) is 0 Å². The molecular weight excluding hydrogens is 524 g/mol. The van der Waals surface area contributed by atoms with Crippen molar-refractivity contribution >= 4 is 10.9 Å². The van der Waals surface area contributed by atoms with Gasteiger partial charge in [-0.05, 0) is 86.2 Å². The molecule has 1 atom stereocenters. The zero-order valence-electron chi connectivity index (χ0n) is 23.7. The Balaban J connectivity index is 1.27. The first kappa shape index (κ1) is 26.6. The number of benzene rings is 1. The van der Waals surface area contributed by atoms with Crippen LogP contribution in [0.5, 0.6) is 0 Å². The van der Waals surface area contributed by atoms with E-state index in [0.29, 0.717) is 30.2 Å². The van der Waals surface area contributed by atoms with E-state index in [2.05, 4.69) is 27.9 Å². The number of nitrogens with one attached hydrogen (secondary N) is 1. The Hall–Kier alpha value is -3.30. The Bertz CT molecular complexity index is 1630. The molecular formula is C32H37F2N5O2. The van der Waals surface area contributed by atoms with Crippen LogP contribution in [0.1, 0.15) is 74.0 Å². The molecule has 0 radical (unpaired) electrons. The molecule has 216 valence electrons. The van der Waals surface area contributed by atoms with Gasteiger partial charge in [0.1, 0.15) is 11.3 Å². The molecule has 0 amide bonds. The molecule has 9 heteroatoms. The van der Waals surface area contributed by atoms with Gasteiger partial charge in [-0.25, -0.2) is 4.98 Å². The second kappa shape index (κ2) is 10.2. The fourth-order valence-electron chi connectivity index (χ4n) is 7.25. The van der Waals surface area contributed by atoms with Gasteiger partial charge in [0.05, 0.1) is 11.5 Å². The number of H-pyrrole nitrogens is 1. The Morgan fingerprint density at radius 1 is 1.20 bits per heavy atom. The third kappa shape index (κ3) is 4.83. The maximum atomic E-state index is 14.0. The monoisotopic (exact) mass is 561 g/mol. The number of hydrogen-bond acceptors (Lipinski definition) is 4. The molecule has 0 spiro atoms. The van der Waals surface area contributed by atoms with E-state index in [4.69, 9.17) is 4.74 Å². The first-order valence-electron chi connectivity index (χ1n) is 14.8. The van der Waals surface area contributed by atoms with Gasteiger partial charge in [-0.1, -0.05) is 19.1 Å². The quantitative estimate of drug-likeness (QED) is 0.293. The molecule has 0 bridgehead atoms. The van der Waals surface area contributed by atoms with Crippen LogP contribution in [0.15, 0.2) is 53.7 Å². The normalized spacial score (nSPS) is 25.2. The van der Waals surface area contributed by atoms with Crippen LogP contribution in [0.2, 0.25) is 0 Å². The predicted molar refractivity (Wildman–Crippen MR) is 154 cm³/mol. The molecule has 41 heavy (non-hydrogen) atoms. The number of likely N-dealkylation sites (tertiary alicyclic amines) is 1. The van der Waals surface area contributed by atoms with E-state index in [-0.39, 0.29) is 5.56 Å². The van der Waals surface area contributed by atoms with Crippen LogP contribution in [0.25, 0.3) is 16.6 Å². The molecule has 1 aromatic carbocycles. The van der Waals surface area contributed by atoms with Crippen molar-refractivity contribution in [3.05, 3.63) is 81.9 Å². The molecule has 0 unspecified atom stereocenters. The third-order valence-electron chi connectivity index (χ3n) is 9.41. The van der Waals surface area contributed by atoms with Gasteiger partial charge in [-0.2, -0.15) is 8.78 Å². The van der Waals surface area contributed by atoms with Crippen molar-refractivity contribution in [3.63, 3.8) is 0 Å². The van der Waals surface area contributed by atoms with E-state index in [1.54, 1.807) is 10.8 Å². The molecule has 3 fully saturated rings. The van der Waals surface area contributed by atoms with Gasteiger partial charge in [0, 0.05) is 55.5 Å². The molecule has 7 nitrogen and oxygen atoms in total. The van der Waals surface area contributed by atoms with Gasteiger partial charge in [0.15, 0.2) is 0 Å². The molecule has 3 aromatic heterocycles. The fourth-order valence-corrected chi connectivity index (χ4v) is 7.25. The summed E-state index contributed by atoms with van der Waals surface area (Å²) < 4.78 is 34.6. The largest absolute Gasteiger partial charge is 0.353 e. The van der Waals surface area contributed by atoms with Crippen LogP contribution in [0, 0.1) is 5.92 Å². The van der Waals surface area contributed by atoms with Gasteiger partial charge in [0.2, 0.25) is 0 Å². The first-order chi connectivity index (χ1) is 19.8. The molecule has 7 rings (SSSR count). The van der Waals surface area contributed by atoms with Crippen molar-refractivity contribution in [2.75, 3.05) is 13.1 Å². The van der Waals surface area contributed by atoms with Gasteiger partial charge in [-0.15, -0.1) is 0 Å². The smallest absolute Gasteiger partial charge is 0.345 e. The number of nitrogens with zero attached hydrogens (tertiary/aromatic N) is 4. The summed E-state index contributed by atoms with van der Waals surface area (Å²) in [5.74, 6) is 1.97. The maximum absolute atomic E-state index is 14.0. The van der Waals surface area contributed by atoms with Crippen molar-refractivity contribution in [3.8, 4) is 5.69 Å². The van der Waals surface area contributed by atoms with E-state index in [0.717, 1.165) is 60.6 Å². The predicted octanol–water partition coefficient (Wildman–Crippen LogP) is 5.85. The van der Waals surface area contributed by atoms with E-state index in [1.165, 1.54) is 18.4 Å². The Kier molecular flexibility index (Phi) is 6.62. The molecule has 1 saturated heterocycles. The summed E-state index contributed by atoms with van der Waals surface area (Å²) in [7, 11) is 1.92. The second-order valence-electron chi connectivity index (χ2n) is 12.5. The van der Waals surface area contributed by atoms with Crippen molar-refractivity contribution < 1.29 is 13.5 Å². The molecule has 4 aromatic rings. The van der Waals surface area contributed by atoms with Gasteiger partial charge in [0.25, 0.3) is 5.56 Å². The summed E-state index contributed by atoms with van der Waals surface area (Å²) in [6, 6.07) is 10.1. The first-order valence-corrected chi connectivity index (χ1v) is 14.8. The Morgan fingerprint density at radius 2 is 2.02 bits per heavy atom.